The molecule has 1 aromatic rings. The highest BCUT2D eigenvalue weighted by atomic mass is 127. The summed E-state index contributed by atoms with van der Waals surface area (Å²) < 4.78 is 1.11. The van der Waals surface area contributed by atoms with Crippen LogP contribution >= 0.6 is 46.6 Å². The Labute approximate surface area is 90.9 Å². The van der Waals surface area contributed by atoms with Gasteiger partial charge in [-0.05, 0) is 47.2 Å². The van der Waals surface area contributed by atoms with Gasteiger partial charge in [-0.15, -0.1) is 12.4 Å². The van der Waals surface area contributed by atoms with E-state index >= 15 is 0 Å². The molecule has 0 saturated carbocycles. The summed E-state index contributed by atoms with van der Waals surface area (Å²) >= 11 is 8.05. The summed E-state index contributed by atoms with van der Waals surface area (Å²) in [6.45, 7) is 1.98. The van der Waals surface area contributed by atoms with Crippen molar-refractivity contribution < 1.29 is 0 Å². The quantitative estimate of drug-likeness (QED) is 0.578. The molecule has 0 aliphatic heterocycles. The van der Waals surface area contributed by atoms with Crippen LogP contribution in [0.2, 0.25) is 5.02 Å². The van der Waals surface area contributed by atoms with Crippen LogP contribution in [-0.4, -0.2) is 0 Å². The molecule has 0 radical (unpaired) electrons. The molecule has 0 amide bonds. The average molecular weight is 304 g/mol. The van der Waals surface area contributed by atoms with Gasteiger partial charge >= 0.3 is 0 Å². The molecule has 11 heavy (non-hydrogen) atoms. The third kappa shape index (κ3) is 2.69. The maximum atomic E-state index is 5.83. The molecule has 1 aromatic carbocycles. The number of hydrogen-bond acceptors (Lipinski definition) is 1. The number of nitrogen functional groups attached to an aromatic ring is 1. The SMILES string of the molecule is Cc1c(Cl)cc(N)cc1I.Cl. The van der Waals surface area contributed by atoms with Crippen LogP contribution in [0.4, 0.5) is 5.69 Å². The van der Waals surface area contributed by atoms with E-state index in [1.54, 1.807) is 6.07 Å². The van der Waals surface area contributed by atoms with E-state index in [4.69, 9.17) is 17.3 Å². The first-order valence-corrected chi connectivity index (χ1v) is 4.28. The largest absolute Gasteiger partial charge is 0.399 e. The second-order valence-electron chi connectivity index (χ2n) is 2.11. The normalized spacial score (nSPS) is 9.00. The van der Waals surface area contributed by atoms with Crippen LogP contribution in [0.1, 0.15) is 5.56 Å². The molecule has 1 rings (SSSR count). The van der Waals surface area contributed by atoms with Gasteiger partial charge in [0, 0.05) is 14.3 Å². The highest BCUT2D eigenvalue weighted by molar-refractivity contribution is 14.1. The van der Waals surface area contributed by atoms with Gasteiger partial charge in [-0.1, -0.05) is 11.6 Å². The topological polar surface area (TPSA) is 26.0 Å². The van der Waals surface area contributed by atoms with Gasteiger partial charge in [0.1, 0.15) is 0 Å². The van der Waals surface area contributed by atoms with Gasteiger partial charge in [0.05, 0.1) is 0 Å². The van der Waals surface area contributed by atoms with Crippen molar-refractivity contribution in [1.29, 1.82) is 0 Å². The molecule has 2 N–H and O–H groups in total. The molecular weight excluding hydrogens is 296 g/mol. The van der Waals surface area contributed by atoms with Crippen LogP contribution in [0.5, 0.6) is 0 Å². The number of halogens is 3. The van der Waals surface area contributed by atoms with Crippen LogP contribution in [-0.2, 0) is 0 Å². The van der Waals surface area contributed by atoms with E-state index in [-0.39, 0.29) is 12.4 Å². The van der Waals surface area contributed by atoms with E-state index in [2.05, 4.69) is 22.6 Å². The van der Waals surface area contributed by atoms with E-state index in [0.29, 0.717) is 0 Å². The second kappa shape index (κ2) is 4.38. The Bertz CT molecular complexity index is 240. The Kier molecular flexibility index (Phi) is 4.51. The third-order valence-corrected chi connectivity index (χ3v) is 2.82. The molecule has 62 valence electrons. The standard InChI is InChI=1S/C7H7ClIN.ClH/c1-4-6(8)2-5(10)3-7(4)9;/h2-3H,10H2,1H3;1H. The Morgan fingerprint density at radius 2 is 2.00 bits per heavy atom. The van der Waals surface area contributed by atoms with Gasteiger partial charge in [-0.25, -0.2) is 0 Å². The van der Waals surface area contributed by atoms with Gasteiger partial charge < -0.3 is 5.73 Å². The van der Waals surface area contributed by atoms with Crippen molar-refractivity contribution in [2.75, 3.05) is 5.73 Å². The summed E-state index contributed by atoms with van der Waals surface area (Å²) in [5.41, 5.74) is 7.36. The lowest BCUT2D eigenvalue weighted by Crippen LogP contribution is -1.88. The minimum atomic E-state index is 0. The molecule has 0 heterocycles. The molecule has 0 unspecified atom stereocenters. The zero-order valence-electron chi connectivity index (χ0n) is 5.90. The van der Waals surface area contributed by atoms with Crippen molar-refractivity contribution >= 4 is 52.3 Å². The highest BCUT2D eigenvalue weighted by Gasteiger charge is 1.99. The summed E-state index contributed by atoms with van der Waals surface area (Å²) in [4.78, 5) is 0. The van der Waals surface area contributed by atoms with Crippen molar-refractivity contribution in [2.24, 2.45) is 0 Å². The van der Waals surface area contributed by atoms with Gasteiger partial charge in [0.15, 0.2) is 0 Å². The fraction of sp³-hybridized carbons (Fsp3) is 0.143. The first kappa shape index (κ1) is 11.3. The van der Waals surface area contributed by atoms with Crippen molar-refractivity contribution in [3.63, 3.8) is 0 Å². The fourth-order valence-corrected chi connectivity index (χ4v) is 1.70. The fourth-order valence-electron chi connectivity index (χ4n) is 0.665. The number of anilines is 1. The lowest BCUT2D eigenvalue weighted by atomic mass is 10.2. The average Bonchev–Trinajstić information content (AvgIpc) is 1.82. The molecule has 1 nitrogen and oxygen atoms in total. The number of benzene rings is 1. The van der Waals surface area contributed by atoms with Crippen LogP contribution in [0, 0.1) is 10.5 Å². The highest BCUT2D eigenvalue weighted by Crippen LogP contribution is 2.23. The second-order valence-corrected chi connectivity index (χ2v) is 3.68. The maximum Gasteiger partial charge on any atom is 0.0466 e. The Balaban J connectivity index is 0.000001000. The van der Waals surface area contributed by atoms with Gasteiger partial charge in [0.2, 0.25) is 0 Å². The summed E-state index contributed by atoms with van der Waals surface area (Å²) in [7, 11) is 0. The number of nitrogens with two attached hydrogens (primary N) is 1. The zero-order valence-corrected chi connectivity index (χ0v) is 9.63. The van der Waals surface area contributed by atoms with E-state index in [1.165, 1.54) is 0 Å². The predicted octanol–water partition coefficient (Wildman–Crippen LogP) is 3.26. The lowest BCUT2D eigenvalue weighted by molar-refractivity contribution is 1.43. The van der Waals surface area contributed by atoms with Gasteiger partial charge in [-0.3, -0.25) is 0 Å². The van der Waals surface area contributed by atoms with Crippen molar-refractivity contribution in [3.05, 3.63) is 26.3 Å². The zero-order chi connectivity index (χ0) is 7.72. The van der Waals surface area contributed by atoms with Crippen LogP contribution < -0.4 is 5.73 Å². The molecule has 0 aromatic heterocycles. The van der Waals surface area contributed by atoms with E-state index in [1.807, 2.05) is 13.0 Å². The van der Waals surface area contributed by atoms with Crippen molar-refractivity contribution in [3.8, 4) is 0 Å². The summed E-state index contributed by atoms with van der Waals surface area (Å²) in [5.74, 6) is 0. The van der Waals surface area contributed by atoms with Crippen molar-refractivity contribution in [1.82, 2.24) is 0 Å². The minimum absolute atomic E-state index is 0. The summed E-state index contributed by atoms with van der Waals surface area (Å²) in [6, 6.07) is 3.67. The van der Waals surface area contributed by atoms with E-state index in [9.17, 15) is 0 Å². The van der Waals surface area contributed by atoms with Crippen LogP contribution in [0.15, 0.2) is 12.1 Å². The smallest absolute Gasteiger partial charge is 0.0466 e. The minimum Gasteiger partial charge on any atom is -0.399 e. The first-order valence-electron chi connectivity index (χ1n) is 2.82. The summed E-state index contributed by atoms with van der Waals surface area (Å²) in [5, 5.41) is 0.740. The van der Waals surface area contributed by atoms with Crippen molar-refractivity contribution in [2.45, 2.75) is 6.92 Å². The predicted molar refractivity (Wildman–Crippen MR) is 60.6 cm³/mol. The molecule has 4 heteroatoms. The third-order valence-electron chi connectivity index (χ3n) is 1.30. The maximum absolute atomic E-state index is 5.83. The molecule has 0 spiro atoms. The monoisotopic (exact) mass is 303 g/mol. The number of rotatable bonds is 0. The number of hydrogen-bond donors (Lipinski definition) is 1. The molecule has 0 aliphatic rings. The molecule has 0 bridgehead atoms. The molecular formula is C7H8Cl2IN. The van der Waals surface area contributed by atoms with E-state index < -0.39 is 0 Å². The van der Waals surface area contributed by atoms with Gasteiger partial charge in [0.25, 0.3) is 0 Å². The van der Waals surface area contributed by atoms with Crippen LogP contribution in [0.25, 0.3) is 0 Å². The molecule has 0 saturated heterocycles. The molecule has 0 fully saturated rings. The lowest BCUT2D eigenvalue weighted by Gasteiger charge is -2.01. The molecule has 0 atom stereocenters. The Morgan fingerprint density at radius 1 is 1.45 bits per heavy atom. The molecule has 0 aliphatic carbocycles. The Morgan fingerprint density at radius 3 is 2.45 bits per heavy atom. The van der Waals surface area contributed by atoms with Crippen LogP contribution in [0.3, 0.4) is 0 Å². The summed E-state index contributed by atoms with van der Waals surface area (Å²) in [6.07, 6.45) is 0. The Hall–Kier alpha value is 0.330. The van der Waals surface area contributed by atoms with E-state index in [0.717, 1.165) is 19.8 Å². The first-order chi connectivity index (χ1) is 4.61. The van der Waals surface area contributed by atoms with Gasteiger partial charge in [-0.2, -0.15) is 0 Å².